The number of ether oxygens (including phenoxy) is 1. The molecular formula is C15H16N4O2. The summed E-state index contributed by atoms with van der Waals surface area (Å²) in [5, 5.41) is 0. The molecule has 108 valence electrons. The fraction of sp³-hybridized carbons (Fsp3) is 0.333. The first-order valence-corrected chi connectivity index (χ1v) is 6.95. The molecule has 2 aromatic heterocycles. The molecule has 0 N–H and O–H groups in total. The monoisotopic (exact) mass is 284 g/mol. The minimum atomic E-state index is -0.0331. The number of hydrogen-bond donors (Lipinski definition) is 0. The summed E-state index contributed by atoms with van der Waals surface area (Å²) in [4.78, 5) is 26.1. The highest BCUT2D eigenvalue weighted by Crippen LogP contribution is 2.17. The maximum Gasteiger partial charge on any atom is 0.255 e. The van der Waals surface area contributed by atoms with E-state index in [9.17, 15) is 4.79 Å². The molecule has 1 unspecified atom stereocenters. The van der Waals surface area contributed by atoms with Crippen LogP contribution in [-0.2, 0) is 0 Å². The number of amides is 1. The minimum absolute atomic E-state index is 0.000845. The van der Waals surface area contributed by atoms with Crippen LogP contribution in [0.15, 0.2) is 43.1 Å². The SMILES string of the molecule is O=C(c1cccnc1)N1CCCC(Oc2ccncn2)C1. The summed E-state index contributed by atoms with van der Waals surface area (Å²) in [5.74, 6) is 0.546. The van der Waals surface area contributed by atoms with Gasteiger partial charge in [0.25, 0.3) is 5.91 Å². The lowest BCUT2D eigenvalue weighted by molar-refractivity contribution is 0.0527. The molecule has 1 saturated heterocycles. The van der Waals surface area contributed by atoms with Crippen molar-refractivity contribution in [2.75, 3.05) is 13.1 Å². The van der Waals surface area contributed by atoms with Crippen molar-refractivity contribution in [2.45, 2.75) is 18.9 Å². The van der Waals surface area contributed by atoms with Gasteiger partial charge in [-0.1, -0.05) is 0 Å². The molecule has 1 aliphatic rings. The van der Waals surface area contributed by atoms with Crippen molar-refractivity contribution >= 4 is 5.91 Å². The zero-order valence-electron chi connectivity index (χ0n) is 11.6. The van der Waals surface area contributed by atoms with E-state index >= 15 is 0 Å². The fourth-order valence-electron chi connectivity index (χ4n) is 2.41. The van der Waals surface area contributed by atoms with E-state index in [1.165, 1.54) is 6.33 Å². The lowest BCUT2D eigenvalue weighted by Crippen LogP contribution is -2.44. The van der Waals surface area contributed by atoms with Gasteiger partial charge in [0.1, 0.15) is 12.4 Å². The van der Waals surface area contributed by atoms with Crippen molar-refractivity contribution in [3.05, 3.63) is 48.7 Å². The quantitative estimate of drug-likeness (QED) is 0.855. The van der Waals surface area contributed by atoms with E-state index in [1.54, 1.807) is 36.8 Å². The van der Waals surface area contributed by atoms with Crippen LogP contribution in [0, 0.1) is 0 Å². The zero-order chi connectivity index (χ0) is 14.5. The van der Waals surface area contributed by atoms with Gasteiger partial charge in [-0.25, -0.2) is 9.97 Å². The van der Waals surface area contributed by atoms with E-state index in [0.717, 1.165) is 19.4 Å². The molecule has 6 heteroatoms. The van der Waals surface area contributed by atoms with Crippen LogP contribution in [0.2, 0.25) is 0 Å². The molecule has 1 amide bonds. The number of nitrogens with zero attached hydrogens (tertiary/aromatic N) is 4. The van der Waals surface area contributed by atoms with Gasteiger partial charge in [-0.15, -0.1) is 0 Å². The Morgan fingerprint density at radius 2 is 2.24 bits per heavy atom. The Bertz CT molecular complexity index is 591. The second-order valence-corrected chi connectivity index (χ2v) is 4.92. The Morgan fingerprint density at radius 1 is 1.29 bits per heavy atom. The fourth-order valence-corrected chi connectivity index (χ4v) is 2.41. The topological polar surface area (TPSA) is 68.2 Å². The van der Waals surface area contributed by atoms with Crippen molar-refractivity contribution in [3.63, 3.8) is 0 Å². The Morgan fingerprint density at radius 3 is 3.00 bits per heavy atom. The maximum atomic E-state index is 12.4. The largest absolute Gasteiger partial charge is 0.472 e. The van der Waals surface area contributed by atoms with Crippen LogP contribution in [0.3, 0.4) is 0 Å². The number of carbonyl (C=O) groups excluding carboxylic acids is 1. The van der Waals surface area contributed by atoms with Crippen molar-refractivity contribution < 1.29 is 9.53 Å². The van der Waals surface area contributed by atoms with E-state index in [1.807, 2.05) is 4.90 Å². The highest BCUT2D eigenvalue weighted by atomic mass is 16.5. The molecule has 1 aliphatic heterocycles. The maximum absolute atomic E-state index is 12.4. The number of rotatable bonds is 3. The summed E-state index contributed by atoms with van der Waals surface area (Å²) in [6, 6.07) is 5.28. The predicted molar refractivity (Wildman–Crippen MR) is 75.8 cm³/mol. The molecule has 0 radical (unpaired) electrons. The number of pyridine rings is 1. The van der Waals surface area contributed by atoms with E-state index < -0.39 is 0 Å². The van der Waals surface area contributed by atoms with Gasteiger partial charge in [-0.05, 0) is 25.0 Å². The van der Waals surface area contributed by atoms with E-state index in [4.69, 9.17) is 4.74 Å². The number of carbonyl (C=O) groups is 1. The zero-order valence-corrected chi connectivity index (χ0v) is 11.6. The summed E-state index contributed by atoms with van der Waals surface area (Å²) in [7, 11) is 0. The van der Waals surface area contributed by atoms with Gasteiger partial charge in [-0.2, -0.15) is 0 Å². The molecule has 0 aliphatic carbocycles. The van der Waals surface area contributed by atoms with E-state index in [-0.39, 0.29) is 12.0 Å². The van der Waals surface area contributed by atoms with E-state index in [0.29, 0.717) is 18.0 Å². The number of aromatic nitrogens is 3. The highest BCUT2D eigenvalue weighted by molar-refractivity contribution is 5.93. The summed E-state index contributed by atoms with van der Waals surface area (Å²) >= 11 is 0. The summed E-state index contributed by atoms with van der Waals surface area (Å²) in [6.07, 6.45) is 8.16. The Kier molecular flexibility index (Phi) is 4.04. The normalized spacial score (nSPS) is 18.3. The smallest absolute Gasteiger partial charge is 0.255 e. The Hall–Kier alpha value is -2.50. The van der Waals surface area contributed by atoms with Gasteiger partial charge in [-0.3, -0.25) is 9.78 Å². The van der Waals surface area contributed by atoms with Gasteiger partial charge < -0.3 is 9.64 Å². The first-order valence-electron chi connectivity index (χ1n) is 6.95. The summed E-state index contributed by atoms with van der Waals surface area (Å²) in [5.41, 5.74) is 0.611. The molecule has 2 aromatic rings. The number of piperidine rings is 1. The van der Waals surface area contributed by atoms with Crippen molar-refractivity contribution in [1.82, 2.24) is 19.9 Å². The van der Waals surface area contributed by atoms with Crippen LogP contribution in [0.5, 0.6) is 5.88 Å². The van der Waals surface area contributed by atoms with Crippen LogP contribution in [-0.4, -0.2) is 45.0 Å². The molecule has 1 atom stereocenters. The average molecular weight is 284 g/mol. The molecule has 3 rings (SSSR count). The Labute approximate surface area is 122 Å². The van der Waals surface area contributed by atoms with Crippen LogP contribution >= 0.6 is 0 Å². The molecule has 0 bridgehead atoms. The lowest BCUT2D eigenvalue weighted by atomic mass is 10.1. The standard InChI is InChI=1S/C15H16N4O2/c20-15(12-3-1-6-16-9-12)19-8-2-4-13(10-19)21-14-5-7-17-11-18-14/h1,3,5-7,9,11,13H,2,4,8,10H2. The van der Waals surface area contributed by atoms with Crippen LogP contribution in [0.4, 0.5) is 0 Å². The van der Waals surface area contributed by atoms with Crippen molar-refractivity contribution in [2.24, 2.45) is 0 Å². The first-order chi connectivity index (χ1) is 10.3. The van der Waals surface area contributed by atoms with Gasteiger partial charge in [0.05, 0.1) is 12.1 Å². The average Bonchev–Trinajstić information content (AvgIpc) is 2.56. The predicted octanol–water partition coefficient (Wildman–Crippen LogP) is 1.56. The number of likely N-dealkylation sites (tertiary alicyclic amines) is 1. The third-order valence-corrected chi connectivity index (χ3v) is 3.42. The highest BCUT2D eigenvalue weighted by Gasteiger charge is 2.25. The number of hydrogen-bond acceptors (Lipinski definition) is 5. The van der Waals surface area contributed by atoms with Crippen molar-refractivity contribution in [3.8, 4) is 5.88 Å². The third kappa shape index (κ3) is 3.34. The van der Waals surface area contributed by atoms with E-state index in [2.05, 4.69) is 15.0 Å². The van der Waals surface area contributed by atoms with Crippen molar-refractivity contribution in [1.29, 1.82) is 0 Å². The summed E-state index contributed by atoms with van der Waals surface area (Å²) in [6.45, 7) is 1.31. The minimum Gasteiger partial charge on any atom is -0.472 e. The molecular weight excluding hydrogens is 268 g/mol. The molecule has 21 heavy (non-hydrogen) atoms. The van der Waals surface area contributed by atoms with Crippen LogP contribution in [0.25, 0.3) is 0 Å². The molecule has 0 saturated carbocycles. The second kappa shape index (κ2) is 6.30. The van der Waals surface area contributed by atoms with Crippen LogP contribution < -0.4 is 4.74 Å². The van der Waals surface area contributed by atoms with Gasteiger partial charge >= 0.3 is 0 Å². The van der Waals surface area contributed by atoms with Crippen LogP contribution in [0.1, 0.15) is 23.2 Å². The second-order valence-electron chi connectivity index (χ2n) is 4.92. The first kappa shape index (κ1) is 13.5. The lowest BCUT2D eigenvalue weighted by Gasteiger charge is -2.32. The molecule has 6 nitrogen and oxygen atoms in total. The van der Waals surface area contributed by atoms with Gasteiger partial charge in [0, 0.05) is 31.2 Å². The molecule has 0 aromatic carbocycles. The Balaban J connectivity index is 1.64. The van der Waals surface area contributed by atoms with Gasteiger partial charge in [0.2, 0.25) is 5.88 Å². The molecule has 0 spiro atoms. The summed E-state index contributed by atoms with van der Waals surface area (Å²) < 4.78 is 5.81. The molecule has 1 fully saturated rings. The van der Waals surface area contributed by atoms with Gasteiger partial charge in [0.15, 0.2) is 0 Å². The molecule has 3 heterocycles. The third-order valence-electron chi connectivity index (χ3n) is 3.42.